The van der Waals surface area contributed by atoms with Gasteiger partial charge in [-0.1, -0.05) is 6.07 Å². The maximum Gasteiger partial charge on any atom is 0.416 e. The Balaban J connectivity index is 1.85. The first-order valence-corrected chi connectivity index (χ1v) is 8.52. The molecule has 1 aromatic heterocycles. The molecule has 1 aliphatic carbocycles. The van der Waals surface area contributed by atoms with Gasteiger partial charge in [-0.05, 0) is 44.9 Å². The molecule has 2 heterocycles. The monoisotopic (exact) mass is 364 g/mol. The smallest absolute Gasteiger partial charge is 0.298 e. The van der Waals surface area contributed by atoms with Crippen LogP contribution < -0.4 is 10.5 Å². The molecule has 1 aromatic carbocycles. The number of hydrogen-bond donors (Lipinski definition) is 0. The second kappa shape index (κ2) is 5.84. The number of aryl methyl sites for hydroxylation is 1. The van der Waals surface area contributed by atoms with Crippen LogP contribution >= 0.6 is 0 Å². The Kier molecular flexibility index (Phi) is 3.83. The lowest BCUT2D eigenvalue weighted by molar-refractivity contribution is -0.137. The van der Waals surface area contributed by atoms with Crippen molar-refractivity contribution in [3.63, 3.8) is 0 Å². The van der Waals surface area contributed by atoms with E-state index in [-0.39, 0.29) is 5.56 Å². The Labute approximate surface area is 148 Å². The van der Waals surface area contributed by atoms with Crippen molar-refractivity contribution in [3.8, 4) is 0 Å². The largest absolute Gasteiger partial charge is 0.416 e. The highest BCUT2D eigenvalue weighted by atomic mass is 19.4. The van der Waals surface area contributed by atoms with Gasteiger partial charge in [-0.2, -0.15) is 13.2 Å². The van der Waals surface area contributed by atoms with Crippen LogP contribution in [0.25, 0.3) is 0 Å². The van der Waals surface area contributed by atoms with Crippen molar-refractivity contribution in [1.82, 2.24) is 14.5 Å². The summed E-state index contributed by atoms with van der Waals surface area (Å²) in [6.45, 7) is 4.31. The lowest BCUT2D eigenvalue weighted by Gasteiger charge is -2.38. The fourth-order valence-corrected chi connectivity index (χ4v) is 3.26. The molecule has 1 aliphatic heterocycles. The number of hydrogen-bond acceptors (Lipinski definition) is 4. The maximum absolute atomic E-state index is 13.1. The van der Waals surface area contributed by atoms with Crippen molar-refractivity contribution >= 4 is 11.6 Å². The van der Waals surface area contributed by atoms with E-state index in [1.54, 1.807) is 29.4 Å². The van der Waals surface area contributed by atoms with Crippen molar-refractivity contribution in [3.05, 3.63) is 51.4 Å². The molecule has 2 aromatic rings. The number of benzene rings is 1. The van der Waals surface area contributed by atoms with E-state index >= 15 is 0 Å². The lowest BCUT2D eigenvalue weighted by atomic mass is 10.2. The van der Waals surface area contributed by atoms with Crippen molar-refractivity contribution in [2.75, 3.05) is 11.6 Å². The number of alkyl halides is 3. The Morgan fingerprint density at radius 1 is 1.15 bits per heavy atom. The van der Waals surface area contributed by atoms with E-state index in [2.05, 4.69) is 9.88 Å². The van der Waals surface area contributed by atoms with Gasteiger partial charge in [-0.25, -0.2) is 4.98 Å². The van der Waals surface area contributed by atoms with Crippen LogP contribution in [0.15, 0.2) is 29.1 Å². The quantitative estimate of drug-likeness (QED) is 0.819. The van der Waals surface area contributed by atoms with Crippen LogP contribution in [0.5, 0.6) is 0 Å². The predicted octanol–water partition coefficient (Wildman–Crippen LogP) is 3.41. The van der Waals surface area contributed by atoms with Gasteiger partial charge in [0.05, 0.1) is 18.9 Å². The SMILES string of the molecule is Cc1nc2n(c(=O)c1C)CN(C1CC1)CN2c1cccc(C(F)(F)F)c1. The number of nitrogens with zero attached hydrogens (tertiary/aromatic N) is 4. The van der Waals surface area contributed by atoms with Gasteiger partial charge in [0.1, 0.15) is 0 Å². The predicted molar refractivity (Wildman–Crippen MR) is 91.3 cm³/mol. The minimum Gasteiger partial charge on any atom is -0.298 e. The number of aromatic nitrogens is 2. The van der Waals surface area contributed by atoms with Crippen molar-refractivity contribution in [1.29, 1.82) is 0 Å². The van der Waals surface area contributed by atoms with Gasteiger partial charge < -0.3 is 0 Å². The van der Waals surface area contributed by atoms with Gasteiger partial charge in [0.15, 0.2) is 0 Å². The Bertz CT molecular complexity index is 918. The highest BCUT2D eigenvalue weighted by Gasteiger charge is 2.37. The molecule has 0 bridgehead atoms. The number of fused-ring (bicyclic) bond motifs is 1. The molecule has 5 nitrogen and oxygen atoms in total. The Morgan fingerprint density at radius 3 is 2.54 bits per heavy atom. The van der Waals surface area contributed by atoms with E-state index in [0.717, 1.165) is 25.0 Å². The van der Waals surface area contributed by atoms with Gasteiger partial charge >= 0.3 is 6.18 Å². The summed E-state index contributed by atoms with van der Waals surface area (Å²) in [7, 11) is 0. The van der Waals surface area contributed by atoms with Gasteiger partial charge in [0, 0.05) is 23.0 Å². The fraction of sp³-hybridized carbons (Fsp3) is 0.444. The molecular formula is C18H19F3N4O. The third-order valence-corrected chi connectivity index (χ3v) is 5.05. The summed E-state index contributed by atoms with van der Waals surface area (Å²) in [5, 5.41) is 0. The molecule has 138 valence electrons. The zero-order valence-corrected chi connectivity index (χ0v) is 14.5. The van der Waals surface area contributed by atoms with E-state index in [4.69, 9.17) is 0 Å². The molecule has 0 unspecified atom stereocenters. The van der Waals surface area contributed by atoms with Crippen LogP contribution in [-0.2, 0) is 12.8 Å². The average molecular weight is 364 g/mol. The van der Waals surface area contributed by atoms with Gasteiger partial charge in [0.25, 0.3) is 5.56 Å². The zero-order chi connectivity index (χ0) is 18.6. The van der Waals surface area contributed by atoms with Gasteiger partial charge in [-0.15, -0.1) is 0 Å². The van der Waals surface area contributed by atoms with Gasteiger partial charge in [-0.3, -0.25) is 19.2 Å². The van der Waals surface area contributed by atoms with Crippen LogP contribution in [0.4, 0.5) is 24.8 Å². The third-order valence-electron chi connectivity index (χ3n) is 5.05. The Morgan fingerprint density at radius 2 is 1.88 bits per heavy atom. The minimum absolute atomic E-state index is 0.144. The molecule has 0 radical (unpaired) electrons. The molecule has 0 saturated heterocycles. The van der Waals surface area contributed by atoms with Crippen LogP contribution in [0.1, 0.15) is 29.7 Å². The summed E-state index contributed by atoms with van der Waals surface area (Å²) in [5.74, 6) is 0.398. The van der Waals surface area contributed by atoms with E-state index in [1.165, 1.54) is 6.07 Å². The standard InChI is InChI=1S/C18H19F3N4O/c1-11-12(2)22-17-24(15-5-3-4-13(8-15)18(19,20)21)9-23(14-6-7-14)10-25(17)16(11)26/h3-5,8,14H,6-7,9-10H2,1-2H3. The first-order valence-electron chi connectivity index (χ1n) is 8.52. The van der Waals surface area contributed by atoms with Crippen LogP contribution in [0.2, 0.25) is 0 Å². The molecule has 2 aliphatic rings. The lowest BCUT2D eigenvalue weighted by Crippen LogP contribution is -2.48. The highest BCUT2D eigenvalue weighted by molar-refractivity contribution is 5.59. The topological polar surface area (TPSA) is 41.4 Å². The summed E-state index contributed by atoms with van der Waals surface area (Å²) >= 11 is 0. The van der Waals surface area contributed by atoms with Crippen LogP contribution in [0.3, 0.4) is 0 Å². The molecule has 0 amide bonds. The highest BCUT2D eigenvalue weighted by Crippen LogP contribution is 2.36. The fourth-order valence-electron chi connectivity index (χ4n) is 3.26. The number of rotatable bonds is 2. The van der Waals surface area contributed by atoms with E-state index in [1.807, 2.05) is 0 Å². The molecule has 0 N–H and O–H groups in total. The summed E-state index contributed by atoms with van der Waals surface area (Å²) < 4.78 is 40.9. The summed E-state index contributed by atoms with van der Waals surface area (Å²) in [4.78, 5) is 21.0. The number of anilines is 2. The van der Waals surface area contributed by atoms with Gasteiger partial charge in [0.2, 0.25) is 5.95 Å². The van der Waals surface area contributed by atoms with E-state index < -0.39 is 11.7 Å². The second-order valence-electron chi connectivity index (χ2n) is 6.93. The minimum atomic E-state index is -4.42. The molecule has 8 heteroatoms. The van der Waals surface area contributed by atoms with E-state index in [9.17, 15) is 18.0 Å². The zero-order valence-electron chi connectivity index (χ0n) is 14.5. The molecule has 0 atom stereocenters. The Hall–Kier alpha value is -2.35. The molecule has 26 heavy (non-hydrogen) atoms. The second-order valence-corrected chi connectivity index (χ2v) is 6.93. The summed E-state index contributed by atoms with van der Waals surface area (Å²) in [6.07, 6.45) is -2.34. The number of halogens is 3. The molecule has 1 fully saturated rings. The normalized spacial score (nSPS) is 18.1. The van der Waals surface area contributed by atoms with Crippen molar-refractivity contribution < 1.29 is 13.2 Å². The third kappa shape index (κ3) is 2.88. The summed E-state index contributed by atoms with van der Waals surface area (Å²) in [6, 6.07) is 5.54. The van der Waals surface area contributed by atoms with Crippen LogP contribution in [0, 0.1) is 13.8 Å². The molecule has 0 spiro atoms. The average Bonchev–Trinajstić information content (AvgIpc) is 3.44. The first-order chi connectivity index (χ1) is 12.3. The van der Waals surface area contributed by atoms with Crippen LogP contribution in [-0.4, -0.2) is 27.2 Å². The molecule has 4 rings (SSSR count). The van der Waals surface area contributed by atoms with Crippen molar-refractivity contribution in [2.24, 2.45) is 0 Å². The van der Waals surface area contributed by atoms with Crippen molar-refractivity contribution in [2.45, 2.75) is 45.6 Å². The first kappa shape index (κ1) is 17.1. The van der Waals surface area contributed by atoms with E-state index in [0.29, 0.717) is 42.3 Å². The molecular weight excluding hydrogens is 345 g/mol. The molecule has 1 saturated carbocycles. The maximum atomic E-state index is 13.1. The summed E-state index contributed by atoms with van der Waals surface area (Å²) in [5.41, 5.74) is 0.689.